The lowest BCUT2D eigenvalue weighted by atomic mass is 9.62. The van der Waals surface area contributed by atoms with E-state index >= 15 is 0 Å². The van der Waals surface area contributed by atoms with E-state index in [1.165, 1.54) is 45.8 Å². The third-order valence-electron chi connectivity index (χ3n) is 30.6. The summed E-state index contributed by atoms with van der Waals surface area (Å²) in [6.45, 7) is 0. The van der Waals surface area contributed by atoms with E-state index in [0.717, 1.165) is 94.7 Å². The van der Waals surface area contributed by atoms with Crippen LogP contribution >= 0.6 is 0 Å². The lowest BCUT2D eigenvalue weighted by molar-refractivity contribution is 0.0856. The maximum Gasteiger partial charge on any atom is 0.0672 e. The highest BCUT2D eigenvalue weighted by Crippen LogP contribution is 2.81. The van der Waals surface area contributed by atoms with Crippen LogP contribution in [0.5, 0.6) is 0 Å². The van der Waals surface area contributed by atoms with Crippen molar-refractivity contribution in [3.63, 3.8) is 0 Å². The number of hydrogen-bond donors (Lipinski definition) is 0. The predicted molar refractivity (Wildman–Crippen MR) is 312 cm³/mol. The van der Waals surface area contributed by atoms with Crippen LogP contribution in [0.4, 0.5) is 0 Å². The molecule has 0 aromatic carbocycles. The highest BCUT2D eigenvalue weighted by Gasteiger charge is 2.75. The van der Waals surface area contributed by atoms with Crippen LogP contribution in [0.1, 0.15) is 308 Å². The molecule has 0 aromatic heterocycles. The molecule has 12 atom stereocenters. The Kier molecular flexibility index (Phi) is 16.2. The van der Waals surface area contributed by atoms with Crippen LogP contribution in [0.15, 0.2) is 0 Å². The maximum absolute atomic E-state index is 1.81. The summed E-state index contributed by atoms with van der Waals surface area (Å²) < 4.78 is 0. The second-order valence-electron chi connectivity index (χ2n) is 32.7. The van der Waals surface area contributed by atoms with Gasteiger partial charge in [0.25, 0.3) is 0 Å². The van der Waals surface area contributed by atoms with Crippen LogP contribution in [0.2, 0.25) is 22.2 Å². The molecule has 1 heteroatoms. The highest BCUT2D eigenvalue weighted by atomic mass is 28.3. The van der Waals surface area contributed by atoms with Crippen molar-refractivity contribution in [2.45, 2.75) is 330 Å². The average molecular weight is 1010 g/mol. The van der Waals surface area contributed by atoms with Crippen molar-refractivity contribution >= 4 is 8.07 Å². The van der Waals surface area contributed by atoms with Gasteiger partial charge < -0.3 is 0 Å². The Morgan fingerprint density at radius 2 is 0.288 bits per heavy atom. The molecular formula is C72H120Si. The fourth-order valence-corrected chi connectivity index (χ4v) is 38.2. The minimum atomic E-state index is -1.70. The van der Waals surface area contributed by atoms with Crippen molar-refractivity contribution in [2.75, 3.05) is 0 Å². The first-order chi connectivity index (χ1) is 36.2. The molecule has 0 radical (unpaired) electrons. The molecule has 412 valence electrons. The van der Waals surface area contributed by atoms with Gasteiger partial charge in [0, 0.05) is 0 Å². The van der Waals surface area contributed by atoms with Crippen LogP contribution in [0.25, 0.3) is 0 Å². The predicted octanol–water partition coefficient (Wildman–Crippen LogP) is 22.2. The molecule has 73 heavy (non-hydrogen) atoms. The molecule has 0 amide bonds. The van der Waals surface area contributed by atoms with Gasteiger partial charge >= 0.3 is 0 Å². The summed E-state index contributed by atoms with van der Waals surface area (Å²) in [5.74, 6) is 22.7. The van der Waals surface area contributed by atoms with Crippen LogP contribution in [0.3, 0.4) is 0 Å². The molecule has 2 aliphatic heterocycles. The quantitative estimate of drug-likeness (QED) is 0.213. The Balaban J connectivity index is 0.768. The zero-order valence-corrected chi connectivity index (χ0v) is 49.3. The summed E-state index contributed by atoms with van der Waals surface area (Å²) >= 11 is 0. The summed E-state index contributed by atoms with van der Waals surface area (Å²) in [5.41, 5.74) is 5.06. The van der Waals surface area contributed by atoms with Crippen molar-refractivity contribution in [1.29, 1.82) is 0 Å². The van der Waals surface area contributed by atoms with Crippen molar-refractivity contribution in [3.8, 4) is 0 Å². The molecule has 14 rings (SSSR count). The fourth-order valence-electron chi connectivity index (χ4n) is 27.4. The van der Waals surface area contributed by atoms with E-state index in [4.69, 9.17) is 0 Å². The molecule has 14 fully saturated rings. The Labute approximate surface area is 454 Å². The Bertz CT molecular complexity index is 1450. The topological polar surface area (TPSA) is 0 Å². The fraction of sp³-hybridized carbons (Fsp3) is 1.00. The van der Waals surface area contributed by atoms with E-state index in [1.54, 1.807) is 308 Å². The second-order valence-corrected chi connectivity index (χ2v) is 37.6. The zero-order valence-electron chi connectivity index (χ0n) is 48.3. The molecule has 0 N–H and O–H groups in total. The summed E-state index contributed by atoms with van der Waals surface area (Å²) in [6.07, 6.45) is 78.7. The lowest BCUT2D eigenvalue weighted by Crippen LogP contribution is -2.52. The zero-order chi connectivity index (χ0) is 48.3. The molecule has 14 aliphatic rings. The monoisotopic (exact) mass is 1010 g/mol. The van der Waals surface area contributed by atoms with E-state index in [9.17, 15) is 0 Å². The molecule has 12 saturated carbocycles. The minimum absolute atomic E-state index is 1.11. The normalized spacial score (nSPS) is 51.0. The van der Waals surface area contributed by atoms with Crippen molar-refractivity contribution in [2.24, 2.45) is 118 Å². The summed E-state index contributed by atoms with van der Waals surface area (Å²) in [4.78, 5) is 0. The number of hydrogen-bond acceptors (Lipinski definition) is 0. The van der Waals surface area contributed by atoms with Gasteiger partial charge in [-0.1, -0.05) is 128 Å². The van der Waals surface area contributed by atoms with Gasteiger partial charge in [0.15, 0.2) is 0 Å². The Morgan fingerprint density at radius 3 is 0.479 bits per heavy atom. The van der Waals surface area contributed by atoms with Crippen molar-refractivity contribution in [1.82, 2.24) is 0 Å². The third kappa shape index (κ3) is 10.1. The van der Waals surface area contributed by atoms with Crippen LogP contribution < -0.4 is 0 Å². The van der Waals surface area contributed by atoms with E-state index < -0.39 is 8.07 Å². The van der Waals surface area contributed by atoms with E-state index in [2.05, 4.69) is 0 Å². The Hall–Kier alpha value is 0.217. The summed E-state index contributed by atoms with van der Waals surface area (Å²) in [7, 11) is -1.70. The first-order valence-corrected chi connectivity index (χ1v) is 38.5. The molecule has 2 heterocycles. The highest BCUT2D eigenvalue weighted by molar-refractivity contribution is 6.87. The van der Waals surface area contributed by atoms with Crippen LogP contribution in [-0.2, 0) is 0 Å². The second kappa shape index (κ2) is 23.0. The van der Waals surface area contributed by atoms with Gasteiger partial charge in [-0.05, 0) is 320 Å². The first-order valence-electron chi connectivity index (χ1n) is 36.2. The average Bonchev–Trinajstić information content (AvgIpc) is 3.95. The minimum Gasteiger partial charge on any atom is -0.0533 e. The van der Waals surface area contributed by atoms with Crippen molar-refractivity contribution in [3.05, 3.63) is 0 Å². The molecule has 2 saturated heterocycles. The van der Waals surface area contributed by atoms with Gasteiger partial charge in [-0.2, -0.15) is 0 Å². The summed E-state index contributed by atoms with van der Waals surface area (Å²) in [6, 6.07) is 0. The van der Waals surface area contributed by atoms with Crippen LogP contribution in [-0.4, -0.2) is 8.07 Å². The van der Waals surface area contributed by atoms with Gasteiger partial charge in [0.05, 0.1) is 8.07 Å². The standard InChI is InChI=1S/C72H120Si/c1-5-13-49(14-6-1)53-21-29-57(30-22-53)61-37-41-65-66-42-38-62(58-31-23-54(24-32-58)50-15-7-2-8-16-50)46-70(66)73(69(65)45-61)71-47-63(59-33-25-55(26-34-59)51-17-9-3-10-18-51)39-43-67(71)68-44-40-64(48-72(68)73)60-35-27-56(28-36-60)52-19-11-4-12-20-52/h49-72H,1-48H2. The summed E-state index contributed by atoms with van der Waals surface area (Å²) in [5, 5.41) is 0. The molecule has 12 aliphatic carbocycles. The molecule has 12 unspecified atom stereocenters. The third-order valence-corrected chi connectivity index (χ3v) is 38.4. The van der Waals surface area contributed by atoms with Crippen LogP contribution in [0, 0.1) is 118 Å². The lowest BCUT2D eigenvalue weighted by Gasteiger charge is -2.54. The van der Waals surface area contributed by atoms with E-state index in [0.29, 0.717) is 0 Å². The van der Waals surface area contributed by atoms with Gasteiger partial charge in [-0.3, -0.25) is 0 Å². The molecular weight excluding hydrogens is 893 g/mol. The maximum atomic E-state index is 1.81. The Morgan fingerprint density at radius 1 is 0.137 bits per heavy atom. The van der Waals surface area contributed by atoms with Gasteiger partial charge in [0.2, 0.25) is 0 Å². The molecule has 1 spiro atoms. The first kappa shape index (κ1) is 51.4. The number of fused-ring (bicyclic) bond motifs is 10. The van der Waals surface area contributed by atoms with Gasteiger partial charge in [-0.25, -0.2) is 0 Å². The number of rotatable bonds is 8. The largest absolute Gasteiger partial charge is 0.0672 e. The van der Waals surface area contributed by atoms with Gasteiger partial charge in [-0.15, -0.1) is 0 Å². The van der Waals surface area contributed by atoms with Gasteiger partial charge in [0.1, 0.15) is 0 Å². The molecule has 0 aromatic rings. The smallest absolute Gasteiger partial charge is 0.0533 e. The molecule has 0 bridgehead atoms. The van der Waals surface area contributed by atoms with E-state index in [1.807, 2.05) is 0 Å². The van der Waals surface area contributed by atoms with E-state index in [-0.39, 0.29) is 0 Å². The molecule has 0 nitrogen and oxygen atoms in total. The van der Waals surface area contributed by atoms with Crippen molar-refractivity contribution < 1.29 is 0 Å². The SMILES string of the molecule is C1CCC(C2CCC(C3CCC4C5CCC(C6CCC(C7CCCCC7)CC6)CC5[Si]5(C4C3)C3CC(C4CCC(C6CCCCC6)CC4)CCC3C3CCC(C4CCC(C6CCCCC6)CC4)CC35)CC2)CC1.